The zero-order valence-electron chi connectivity index (χ0n) is 16.6. The number of hydrogen-bond donors (Lipinski definition) is 1. The Hall–Kier alpha value is -3.99. The molecule has 1 aromatic heterocycles. The number of carbonyl (C=O) groups is 3. The Morgan fingerprint density at radius 2 is 1.91 bits per heavy atom. The summed E-state index contributed by atoms with van der Waals surface area (Å²) in [5.41, 5.74) is 0.553. The fraction of sp³-hybridized carbons (Fsp3) is 0.143. The number of imide groups is 1. The Labute approximate surface area is 184 Å². The minimum absolute atomic E-state index is 0.0518. The van der Waals surface area contributed by atoms with Crippen LogP contribution in [0.2, 0.25) is 0 Å². The van der Waals surface area contributed by atoms with Gasteiger partial charge >= 0.3 is 0 Å². The van der Waals surface area contributed by atoms with E-state index in [9.17, 15) is 28.9 Å². The summed E-state index contributed by atoms with van der Waals surface area (Å²) < 4.78 is 13.1. The number of aryl methyl sites for hydroxylation is 1. The molecule has 9 nitrogen and oxygen atoms in total. The lowest BCUT2D eigenvalue weighted by Crippen LogP contribution is -2.33. The molecule has 0 unspecified atom stereocenters. The predicted molar refractivity (Wildman–Crippen MR) is 114 cm³/mol. The van der Waals surface area contributed by atoms with Crippen molar-refractivity contribution in [1.29, 1.82) is 0 Å². The van der Waals surface area contributed by atoms with Crippen molar-refractivity contribution in [2.75, 3.05) is 11.9 Å². The van der Waals surface area contributed by atoms with Crippen molar-refractivity contribution in [3.8, 4) is 11.3 Å². The number of nitrogens with zero attached hydrogens (tertiary/aromatic N) is 3. The molecule has 3 amide bonds. The standard InChI is InChI=1S/C21H15FN4O5S/c1-11-18(12-5-7-13(22)8-6-12)24-21(32-11)23-16(27)9-10-25-19(28)14-3-2-4-15(26(30)31)17(14)20(25)29/h2-8H,9-10H2,1H3,(H,23,24,27). The highest BCUT2D eigenvalue weighted by Crippen LogP contribution is 2.32. The van der Waals surface area contributed by atoms with Gasteiger partial charge in [-0.2, -0.15) is 0 Å². The monoisotopic (exact) mass is 454 g/mol. The first-order valence-electron chi connectivity index (χ1n) is 9.43. The first kappa shape index (κ1) is 21.2. The average molecular weight is 454 g/mol. The number of nitrogens with one attached hydrogen (secondary N) is 1. The second kappa shape index (κ2) is 8.27. The number of anilines is 1. The van der Waals surface area contributed by atoms with E-state index in [1.54, 1.807) is 12.1 Å². The molecule has 0 radical (unpaired) electrons. The zero-order valence-corrected chi connectivity index (χ0v) is 17.4. The van der Waals surface area contributed by atoms with Gasteiger partial charge in [-0.15, -0.1) is 11.3 Å². The number of hydrogen-bond acceptors (Lipinski definition) is 7. The maximum Gasteiger partial charge on any atom is 0.282 e. The van der Waals surface area contributed by atoms with Crippen LogP contribution in [0.15, 0.2) is 42.5 Å². The van der Waals surface area contributed by atoms with E-state index in [1.165, 1.54) is 35.6 Å². The molecule has 0 spiro atoms. The van der Waals surface area contributed by atoms with Crippen LogP contribution in [0.3, 0.4) is 0 Å². The lowest BCUT2D eigenvalue weighted by molar-refractivity contribution is -0.385. The van der Waals surface area contributed by atoms with E-state index >= 15 is 0 Å². The van der Waals surface area contributed by atoms with Crippen LogP contribution in [0.4, 0.5) is 15.2 Å². The fourth-order valence-corrected chi connectivity index (χ4v) is 4.24. The summed E-state index contributed by atoms with van der Waals surface area (Å²) in [5.74, 6) is -2.32. The van der Waals surface area contributed by atoms with Gasteiger partial charge in [0.2, 0.25) is 5.91 Å². The number of nitro benzene ring substituents is 1. The molecule has 2 heterocycles. The van der Waals surface area contributed by atoms with Crippen LogP contribution >= 0.6 is 11.3 Å². The molecule has 4 rings (SSSR count). The molecular formula is C21H15FN4O5S. The molecule has 1 N–H and O–H groups in total. The van der Waals surface area contributed by atoms with Crippen molar-refractivity contribution in [2.24, 2.45) is 0 Å². The van der Waals surface area contributed by atoms with Gasteiger partial charge in [-0.3, -0.25) is 29.4 Å². The summed E-state index contributed by atoms with van der Waals surface area (Å²) in [6.45, 7) is 1.59. The van der Waals surface area contributed by atoms with E-state index < -0.39 is 28.3 Å². The molecule has 2 aromatic carbocycles. The Morgan fingerprint density at radius 1 is 1.19 bits per heavy atom. The number of halogens is 1. The van der Waals surface area contributed by atoms with Crippen molar-refractivity contribution in [3.63, 3.8) is 0 Å². The number of rotatable bonds is 6. The van der Waals surface area contributed by atoms with Crippen LogP contribution in [-0.2, 0) is 4.79 Å². The molecule has 1 aliphatic heterocycles. The topological polar surface area (TPSA) is 123 Å². The van der Waals surface area contributed by atoms with Gasteiger partial charge < -0.3 is 5.32 Å². The molecule has 0 saturated carbocycles. The number of carbonyl (C=O) groups excluding carboxylic acids is 3. The Balaban J connectivity index is 1.43. The Morgan fingerprint density at radius 3 is 2.59 bits per heavy atom. The molecular weight excluding hydrogens is 439 g/mol. The average Bonchev–Trinajstić information content (AvgIpc) is 3.24. The van der Waals surface area contributed by atoms with Crippen LogP contribution in [0.5, 0.6) is 0 Å². The van der Waals surface area contributed by atoms with Gasteiger partial charge in [0.25, 0.3) is 17.5 Å². The van der Waals surface area contributed by atoms with Crippen molar-refractivity contribution < 1.29 is 23.7 Å². The third-order valence-corrected chi connectivity index (χ3v) is 5.78. The third-order valence-electron chi connectivity index (χ3n) is 4.90. The molecule has 11 heteroatoms. The van der Waals surface area contributed by atoms with E-state index in [2.05, 4.69) is 10.3 Å². The summed E-state index contributed by atoms with van der Waals surface area (Å²) in [5, 5.41) is 14.1. The minimum Gasteiger partial charge on any atom is -0.302 e. The van der Waals surface area contributed by atoms with Crippen molar-refractivity contribution in [3.05, 3.63) is 74.4 Å². The van der Waals surface area contributed by atoms with Crippen LogP contribution in [0.1, 0.15) is 32.0 Å². The molecule has 1 aliphatic rings. The number of fused-ring (bicyclic) bond motifs is 1. The number of thiazole rings is 1. The molecule has 162 valence electrons. The van der Waals surface area contributed by atoms with Gasteiger partial charge in [0.1, 0.15) is 11.4 Å². The molecule has 0 saturated heterocycles. The zero-order chi connectivity index (χ0) is 23.0. The summed E-state index contributed by atoms with van der Waals surface area (Å²) in [6.07, 6.45) is -0.205. The molecule has 3 aromatic rings. The first-order chi connectivity index (χ1) is 15.3. The van der Waals surface area contributed by atoms with E-state index in [0.717, 1.165) is 15.8 Å². The first-order valence-corrected chi connectivity index (χ1v) is 10.2. The highest BCUT2D eigenvalue weighted by Gasteiger charge is 2.40. The highest BCUT2D eigenvalue weighted by molar-refractivity contribution is 7.16. The quantitative estimate of drug-likeness (QED) is 0.343. The maximum absolute atomic E-state index is 13.1. The molecule has 0 bridgehead atoms. The van der Waals surface area contributed by atoms with Crippen molar-refractivity contribution in [2.45, 2.75) is 13.3 Å². The fourth-order valence-electron chi connectivity index (χ4n) is 3.39. The Kier molecular flexibility index (Phi) is 5.49. The van der Waals surface area contributed by atoms with E-state index in [0.29, 0.717) is 16.4 Å². The smallest absolute Gasteiger partial charge is 0.282 e. The molecule has 0 fully saturated rings. The van der Waals surface area contributed by atoms with Gasteiger partial charge in [0.15, 0.2) is 5.13 Å². The van der Waals surface area contributed by atoms with Crippen LogP contribution in [0, 0.1) is 22.9 Å². The largest absolute Gasteiger partial charge is 0.302 e. The minimum atomic E-state index is -0.797. The van der Waals surface area contributed by atoms with Crippen LogP contribution < -0.4 is 5.32 Å². The second-order valence-corrected chi connectivity index (χ2v) is 8.15. The Bertz CT molecular complexity index is 1270. The van der Waals surface area contributed by atoms with Gasteiger partial charge in [-0.1, -0.05) is 6.07 Å². The highest BCUT2D eigenvalue weighted by atomic mass is 32.1. The number of amides is 3. The number of aromatic nitrogens is 1. The van der Waals surface area contributed by atoms with E-state index in [1.807, 2.05) is 6.92 Å². The second-order valence-electron chi connectivity index (χ2n) is 6.95. The normalized spacial score (nSPS) is 12.8. The molecule has 0 aliphatic carbocycles. The lowest BCUT2D eigenvalue weighted by Gasteiger charge is -2.12. The van der Waals surface area contributed by atoms with Gasteiger partial charge in [-0.05, 0) is 37.3 Å². The van der Waals surface area contributed by atoms with Gasteiger partial charge in [-0.25, -0.2) is 9.37 Å². The van der Waals surface area contributed by atoms with Crippen LogP contribution in [-0.4, -0.2) is 39.1 Å². The van der Waals surface area contributed by atoms with Gasteiger partial charge in [0.05, 0.1) is 16.2 Å². The summed E-state index contributed by atoms with van der Waals surface area (Å²) >= 11 is 1.24. The predicted octanol–water partition coefficient (Wildman–Crippen LogP) is 3.79. The van der Waals surface area contributed by atoms with Gasteiger partial charge in [0, 0.05) is 29.5 Å². The molecule has 32 heavy (non-hydrogen) atoms. The number of nitro groups is 1. The maximum atomic E-state index is 13.1. The summed E-state index contributed by atoms with van der Waals surface area (Å²) in [7, 11) is 0. The third kappa shape index (κ3) is 3.85. The van der Waals surface area contributed by atoms with Crippen LogP contribution in [0.25, 0.3) is 11.3 Å². The lowest BCUT2D eigenvalue weighted by atomic mass is 10.1. The SMILES string of the molecule is Cc1sc(NC(=O)CCN2C(=O)c3cccc([N+](=O)[O-])c3C2=O)nc1-c1ccc(F)cc1. The van der Waals surface area contributed by atoms with Crippen molar-refractivity contribution >= 4 is 39.9 Å². The summed E-state index contributed by atoms with van der Waals surface area (Å²) in [6, 6.07) is 9.65. The molecule has 0 atom stereocenters. The summed E-state index contributed by atoms with van der Waals surface area (Å²) in [4.78, 5) is 53.9. The van der Waals surface area contributed by atoms with Crippen molar-refractivity contribution in [1.82, 2.24) is 9.88 Å². The van der Waals surface area contributed by atoms with E-state index in [-0.39, 0.29) is 29.9 Å². The number of benzene rings is 2. The van der Waals surface area contributed by atoms with E-state index in [4.69, 9.17) is 0 Å².